The summed E-state index contributed by atoms with van der Waals surface area (Å²) in [6.45, 7) is -0.00463. The molecule has 0 heterocycles. The van der Waals surface area contributed by atoms with Crippen molar-refractivity contribution in [3.05, 3.63) is 29.8 Å². The van der Waals surface area contributed by atoms with Crippen LogP contribution in [0.4, 0.5) is 0 Å². The lowest BCUT2D eigenvalue weighted by atomic mass is 9.97. The van der Waals surface area contributed by atoms with Gasteiger partial charge in [0.05, 0.1) is 0 Å². The maximum Gasteiger partial charge on any atom is 0.321 e. The molecule has 0 spiro atoms. The molecule has 2 rings (SSSR count). The Kier molecular flexibility index (Phi) is 13.2. The highest BCUT2D eigenvalue weighted by Gasteiger charge is 2.06. The number of thioether (sulfide) groups is 1. The van der Waals surface area contributed by atoms with E-state index in [1.54, 1.807) is 11.8 Å². The molecule has 7 heteroatoms. The maximum absolute atomic E-state index is 10.2. The molecular formula is C17H29N3O3S. The molecule has 6 nitrogen and oxygen atoms in total. The third-order valence-corrected chi connectivity index (χ3v) is 4.22. The summed E-state index contributed by atoms with van der Waals surface area (Å²) in [6, 6.07) is 7.15. The minimum absolute atomic E-state index is 0.00463. The summed E-state index contributed by atoms with van der Waals surface area (Å²) in [7, 11) is 0. The Morgan fingerprint density at radius 3 is 2.08 bits per heavy atom. The summed E-state index contributed by atoms with van der Waals surface area (Å²) >= 11 is 1.67. The van der Waals surface area contributed by atoms with Crippen LogP contribution in [0.5, 0.6) is 0 Å². The Bertz CT molecular complexity index is 463. The molecule has 1 atom stereocenters. The molecule has 1 aromatic rings. The number of hydrogen-bond acceptors (Lipinski definition) is 6. The molecule has 0 aliphatic heterocycles. The molecule has 1 aliphatic carbocycles. The smallest absolute Gasteiger partial charge is 0.321 e. The summed E-state index contributed by atoms with van der Waals surface area (Å²) in [6.07, 6.45) is 9.52. The minimum Gasteiger partial charge on any atom is -0.480 e. The lowest BCUT2D eigenvalue weighted by Crippen LogP contribution is -2.37. The average molecular weight is 356 g/mol. The van der Waals surface area contributed by atoms with Gasteiger partial charge < -0.3 is 22.3 Å². The molecule has 24 heavy (non-hydrogen) atoms. The van der Waals surface area contributed by atoms with E-state index < -0.39 is 12.0 Å². The second-order valence-corrected chi connectivity index (χ2v) is 6.35. The van der Waals surface area contributed by atoms with E-state index in [2.05, 4.69) is 0 Å². The number of nitrogens with two attached hydrogens (primary N) is 3. The number of benzene rings is 1. The summed E-state index contributed by atoms with van der Waals surface area (Å²) in [5, 5.41) is 7.98. The Morgan fingerprint density at radius 2 is 1.83 bits per heavy atom. The van der Waals surface area contributed by atoms with Gasteiger partial charge in [0, 0.05) is 23.0 Å². The standard InChI is InChI=1S/C8H8OS.C6H13N.C3H8N2O2/c1-10-8-4-2-7(6-9)3-5-8;7-6-4-2-1-3-5-6;4-1-2(5)3(6)7/h2-6H,1H3;6H,1-5,7H2;2H,1,4-5H2,(H,6,7)/t;;2-/m..0/s1. The second kappa shape index (κ2) is 14.0. The first-order chi connectivity index (χ1) is 11.4. The normalized spacial score (nSPS) is 15.2. The predicted molar refractivity (Wildman–Crippen MR) is 99.3 cm³/mol. The molecule has 0 radical (unpaired) electrons. The van der Waals surface area contributed by atoms with Gasteiger partial charge in [0.1, 0.15) is 12.3 Å². The zero-order valence-corrected chi connectivity index (χ0v) is 15.0. The van der Waals surface area contributed by atoms with Crippen LogP contribution in [0.2, 0.25) is 0 Å². The van der Waals surface area contributed by atoms with E-state index in [9.17, 15) is 9.59 Å². The van der Waals surface area contributed by atoms with Gasteiger partial charge >= 0.3 is 5.97 Å². The summed E-state index contributed by atoms with van der Waals surface area (Å²) in [4.78, 5) is 21.1. The molecule has 0 amide bonds. The number of carboxylic acids is 1. The van der Waals surface area contributed by atoms with Gasteiger partial charge in [-0.3, -0.25) is 9.59 Å². The third kappa shape index (κ3) is 11.2. The van der Waals surface area contributed by atoms with Crippen LogP contribution in [0.1, 0.15) is 42.5 Å². The van der Waals surface area contributed by atoms with Crippen molar-refractivity contribution in [3.63, 3.8) is 0 Å². The Labute approximate surface area is 148 Å². The number of aliphatic carboxylic acids is 1. The molecule has 7 N–H and O–H groups in total. The molecule has 0 unspecified atom stereocenters. The lowest BCUT2D eigenvalue weighted by molar-refractivity contribution is -0.138. The number of carbonyl (C=O) groups excluding carboxylic acids is 1. The summed E-state index contributed by atoms with van der Waals surface area (Å²) in [5.74, 6) is -1.05. The van der Waals surface area contributed by atoms with Crippen LogP contribution in [-0.4, -0.2) is 42.2 Å². The minimum atomic E-state index is -1.05. The fraction of sp³-hybridized carbons (Fsp3) is 0.529. The molecule has 1 aliphatic rings. The first-order valence-electron chi connectivity index (χ1n) is 7.97. The van der Waals surface area contributed by atoms with Crippen LogP contribution < -0.4 is 17.2 Å². The highest BCUT2D eigenvalue weighted by atomic mass is 32.2. The van der Waals surface area contributed by atoms with Gasteiger partial charge in [-0.15, -0.1) is 11.8 Å². The number of aldehydes is 1. The van der Waals surface area contributed by atoms with Crippen molar-refractivity contribution in [2.45, 2.75) is 49.1 Å². The zero-order valence-electron chi connectivity index (χ0n) is 14.2. The van der Waals surface area contributed by atoms with E-state index in [-0.39, 0.29) is 6.54 Å². The van der Waals surface area contributed by atoms with Crippen molar-refractivity contribution < 1.29 is 14.7 Å². The van der Waals surface area contributed by atoms with Crippen molar-refractivity contribution >= 4 is 24.0 Å². The first kappa shape index (κ1) is 22.6. The zero-order chi connectivity index (χ0) is 18.4. The monoisotopic (exact) mass is 355 g/mol. The molecular weight excluding hydrogens is 326 g/mol. The third-order valence-electron chi connectivity index (χ3n) is 3.47. The molecule has 1 fully saturated rings. The molecule has 0 saturated heterocycles. The van der Waals surface area contributed by atoms with Crippen molar-refractivity contribution in [1.29, 1.82) is 0 Å². The SMILES string of the molecule is CSc1ccc(C=O)cc1.NC1CCCCC1.NC[C@H](N)C(=O)O. The number of rotatable bonds is 4. The largest absolute Gasteiger partial charge is 0.480 e. The van der Waals surface area contributed by atoms with E-state index in [4.69, 9.17) is 22.3 Å². The quantitative estimate of drug-likeness (QED) is 0.478. The maximum atomic E-state index is 10.2. The van der Waals surface area contributed by atoms with E-state index in [1.165, 1.54) is 37.0 Å². The molecule has 1 aromatic carbocycles. The fourth-order valence-corrected chi connectivity index (χ4v) is 2.33. The summed E-state index contributed by atoms with van der Waals surface area (Å²) in [5.41, 5.74) is 16.1. The Hall–Kier alpha value is -1.41. The van der Waals surface area contributed by atoms with Gasteiger partial charge in [0.2, 0.25) is 0 Å². The molecule has 136 valence electrons. The van der Waals surface area contributed by atoms with Crippen molar-refractivity contribution in [1.82, 2.24) is 0 Å². The van der Waals surface area contributed by atoms with Gasteiger partial charge in [-0.25, -0.2) is 0 Å². The van der Waals surface area contributed by atoms with Crippen molar-refractivity contribution in [2.24, 2.45) is 17.2 Å². The summed E-state index contributed by atoms with van der Waals surface area (Å²) < 4.78 is 0. The Balaban J connectivity index is 0.000000340. The van der Waals surface area contributed by atoms with Gasteiger partial charge in [0.25, 0.3) is 0 Å². The van der Waals surface area contributed by atoms with E-state index in [1.807, 2.05) is 30.5 Å². The number of carboxylic acid groups (broad SMARTS) is 1. The van der Waals surface area contributed by atoms with Crippen LogP contribution >= 0.6 is 11.8 Å². The van der Waals surface area contributed by atoms with Crippen LogP contribution in [0.25, 0.3) is 0 Å². The van der Waals surface area contributed by atoms with Crippen LogP contribution in [0, 0.1) is 0 Å². The highest BCUT2D eigenvalue weighted by molar-refractivity contribution is 7.98. The Morgan fingerprint density at radius 1 is 1.29 bits per heavy atom. The van der Waals surface area contributed by atoms with Gasteiger partial charge in [-0.2, -0.15) is 0 Å². The molecule has 1 saturated carbocycles. The van der Waals surface area contributed by atoms with E-state index >= 15 is 0 Å². The van der Waals surface area contributed by atoms with Gasteiger partial charge in [-0.1, -0.05) is 31.4 Å². The van der Waals surface area contributed by atoms with Crippen LogP contribution in [-0.2, 0) is 4.79 Å². The molecule has 0 aromatic heterocycles. The number of hydrogen-bond donors (Lipinski definition) is 4. The van der Waals surface area contributed by atoms with E-state index in [0.717, 1.165) is 11.8 Å². The van der Waals surface area contributed by atoms with Crippen molar-refractivity contribution in [2.75, 3.05) is 12.8 Å². The van der Waals surface area contributed by atoms with E-state index in [0.29, 0.717) is 6.04 Å². The molecule has 0 bridgehead atoms. The van der Waals surface area contributed by atoms with Gasteiger partial charge in [0.15, 0.2) is 0 Å². The predicted octanol–water partition coefficient (Wildman–Crippen LogP) is 1.86. The van der Waals surface area contributed by atoms with Crippen LogP contribution in [0.15, 0.2) is 29.2 Å². The fourth-order valence-electron chi connectivity index (χ4n) is 1.92. The second-order valence-electron chi connectivity index (χ2n) is 5.47. The van der Waals surface area contributed by atoms with Crippen molar-refractivity contribution in [3.8, 4) is 0 Å². The van der Waals surface area contributed by atoms with Crippen LogP contribution in [0.3, 0.4) is 0 Å². The lowest BCUT2D eigenvalue weighted by Gasteiger charge is -2.15. The number of carbonyl (C=O) groups is 2. The average Bonchev–Trinajstić information content (AvgIpc) is 2.62. The van der Waals surface area contributed by atoms with Gasteiger partial charge in [-0.05, 0) is 31.2 Å². The first-order valence-corrected chi connectivity index (χ1v) is 9.20. The topological polar surface area (TPSA) is 132 Å². The highest BCUT2D eigenvalue weighted by Crippen LogP contribution is 2.15.